The number of ketones is 1. The minimum atomic E-state index is -0.851. The molecule has 0 radical (unpaired) electrons. The summed E-state index contributed by atoms with van der Waals surface area (Å²) >= 11 is 0. The van der Waals surface area contributed by atoms with Crippen LogP contribution in [0.3, 0.4) is 0 Å². The molecule has 0 saturated carbocycles. The van der Waals surface area contributed by atoms with E-state index in [1.54, 1.807) is 18.2 Å². The van der Waals surface area contributed by atoms with Crippen LogP contribution in [0.5, 0.6) is 17.2 Å². The molecule has 0 aliphatic carbocycles. The predicted octanol–water partition coefficient (Wildman–Crippen LogP) is 2.84. The van der Waals surface area contributed by atoms with Crippen LogP contribution >= 0.6 is 0 Å². The van der Waals surface area contributed by atoms with Gasteiger partial charge >= 0.3 is 0 Å². The number of rotatable bonds is 10. The van der Waals surface area contributed by atoms with Crippen LogP contribution in [-0.4, -0.2) is 75.1 Å². The maximum Gasteiger partial charge on any atom is 0.290 e. The van der Waals surface area contributed by atoms with E-state index in [0.717, 1.165) is 6.54 Å². The van der Waals surface area contributed by atoms with Gasteiger partial charge in [0.05, 0.1) is 39.2 Å². The van der Waals surface area contributed by atoms with Gasteiger partial charge in [-0.3, -0.25) is 9.59 Å². The number of ether oxygens (including phenoxy) is 3. The smallest absolute Gasteiger partial charge is 0.290 e. The molecule has 32 heavy (non-hydrogen) atoms. The van der Waals surface area contributed by atoms with Crippen molar-refractivity contribution >= 4 is 11.7 Å². The molecule has 1 aromatic heterocycles. The second-order valence-corrected chi connectivity index (χ2v) is 7.59. The Morgan fingerprint density at radius 3 is 2.31 bits per heavy atom. The highest BCUT2D eigenvalue weighted by Crippen LogP contribution is 2.45. The zero-order chi connectivity index (χ0) is 23.4. The van der Waals surface area contributed by atoms with Crippen LogP contribution in [0.2, 0.25) is 0 Å². The number of furan rings is 1. The fourth-order valence-electron chi connectivity index (χ4n) is 3.82. The molecule has 1 atom stereocenters. The molecule has 2 heterocycles. The van der Waals surface area contributed by atoms with E-state index in [0.29, 0.717) is 35.8 Å². The first-order chi connectivity index (χ1) is 15.3. The molecule has 1 aliphatic heterocycles. The normalized spacial score (nSPS) is 16.1. The number of methoxy groups -OCH3 is 3. The number of carbonyl (C=O) groups is 2. The maximum atomic E-state index is 13.2. The fraction of sp³-hybridized carbons (Fsp3) is 0.391. The third-order valence-electron chi connectivity index (χ3n) is 5.30. The molecular formula is C23H28N2O7. The summed E-state index contributed by atoms with van der Waals surface area (Å²) in [5, 5.41) is 10.7. The van der Waals surface area contributed by atoms with Gasteiger partial charge in [-0.05, 0) is 56.9 Å². The molecule has 0 unspecified atom stereocenters. The highest BCUT2D eigenvalue weighted by molar-refractivity contribution is 6.15. The van der Waals surface area contributed by atoms with Gasteiger partial charge in [0.2, 0.25) is 11.5 Å². The van der Waals surface area contributed by atoms with E-state index >= 15 is 0 Å². The number of carbonyl (C=O) groups excluding carboxylic acids is 2. The zero-order valence-corrected chi connectivity index (χ0v) is 18.9. The quantitative estimate of drug-likeness (QED) is 0.558. The molecule has 9 nitrogen and oxygen atoms in total. The monoisotopic (exact) mass is 444 g/mol. The Labute approximate surface area is 186 Å². The lowest BCUT2D eigenvalue weighted by molar-refractivity contribution is -0.129. The summed E-state index contributed by atoms with van der Waals surface area (Å²) in [6.45, 7) is 1.06. The highest BCUT2D eigenvalue weighted by Gasteiger charge is 2.44. The van der Waals surface area contributed by atoms with E-state index < -0.39 is 23.5 Å². The van der Waals surface area contributed by atoms with Gasteiger partial charge in [-0.15, -0.1) is 0 Å². The van der Waals surface area contributed by atoms with Crippen LogP contribution in [0, 0.1) is 0 Å². The molecule has 2 aromatic rings. The first-order valence-electron chi connectivity index (χ1n) is 10.1. The average molecular weight is 444 g/mol. The van der Waals surface area contributed by atoms with Crippen LogP contribution in [0.4, 0.5) is 0 Å². The number of aliphatic hydroxyl groups is 1. The molecular weight excluding hydrogens is 416 g/mol. The number of hydrogen-bond acceptors (Lipinski definition) is 8. The van der Waals surface area contributed by atoms with Gasteiger partial charge in [0.15, 0.2) is 23.0 Å². The van der Waals surface area contributed by atoms with Crippen molar-refractivity contribution in [2.24, 2.45) is 0 Å². The summed E-state index contributed by atoms with van der Waals surface area (Å²) in [5.74, 6) is -0.596. The lowest BCUT2D eigenvalue weighted by Crippen LogP contribution is -2.33. The summed E-state index contributed by atoms with van der Waals surface area (Å²) in [4.78, 5) is 29.7. The predicted molar refractivity (Wildman–Crippen MR) is 116 cm³/mol. The van der Waals surface area contributed by atoms with Crippen molar-refractivity contribution in [3.05, 3.63) is 53.2 Å². The van der Waals surface area contributed by atoms with E-state index in [-0.39, 0.29) is 11.3 Å². The van der Waals surface area contributed by atoms with Gasteiger partial charge in [-0.2, -0.15) is 0 Å². The zero-order valence-electron chi connectivity index (χ0n) is 18.9. The summed E-state index contributed by atoms with van der Waals surface area (Å²) in [6.07, 6.45) is 2.01. The summed E-state index contributed by atoms with van der Waals surface area (Å²) in [7, 11) is 8.33. The van der Waals surface area contributed by atoms with E-state index in [1.165, 1.54) is 38.6 Å². The number of Topliss-reactive ketones (excluding diaryl/α,β-unsaturated/α-hetero) is 1. The van der Waals surface area contributed by atoms with E-state index in [9.17, 15) is 14.7 Å². The van der Waals surface area contributed by atoms with Gasteiger partial charge in [0, 0.05) is 6.54 Å². The van der Waals surface area contributed by atoms with Crippen molar-refractivity contribution < 1.29 is 33.3 Å². The van der Waals surface area contributed by atoms with Crippen molar-refractivity contribution in [2.75, 3.05) is 48.5 Å². The second kappa shape index (κ2) is 9.78. The van der Waals surface area contributed by atoms with Crippen LogP contribution < -0.4 is 14.2 Å². The van der Waals surface area contributed by atoms with E-state index in [4.69, 9.17) is 18.6 Å². The third-order valence-corrected chi connectivity index (χ3v) is 5.30. The Morgan fingerprint density at radius 1 is 1.16 bits per heavy atom. The third kappa shape index (κ3) is 4.29. The standard InChI is InChI=1S/C23H28N2O7/c1-24(2)9-7-10-25-19(14-12-16(29-3)22(31-5)17(13-14)30-4)18(21(27)23(25)28)20(26)15-8-6-11-32-15/h6,8,11-13,19,27H,7,9-10H2,1-5H3/t19-/m1/s1. The Bertz CT molecular complexity index is 986. The van der Waals surface area contributed by atoms with Gasteiger partial charge in [-0.1, -0.05) is 0 Å². The minimum Gasteiger partial charge on any atom is -0.503 e. The molecule has 0 saturated heterocycles. The molecule has 9 heteroatoms. The molecule has 1 aliphatic rings. The van der Waals surface area contributed by atoms with Crippen molar-refractivity contribution in [3.63, 3.8) is 0 Å². The molecule has 1 N–H and O–H groups in total. The van der Waals surface area contributed by atoms with Crippen molar-refractivity contribution in [1.82, 2.24) is 9.80 Å². The summed E-state index contributed by atoms with van der Waals surface area (Å²) in [6, 6.07) is 5.56. The summed E-state index contributed by atoms with van der Waals surface area (Å²) in [5.41, 5.74) is 0.487. The molecule has 172 valence electrons. The van der Waals surface area contributed by atoms with Crippen molar-refractivity contribution in [3.8, 4) is 17.2 Å². The number of benzene rings is 1. The van der Waals surface area contributed by atoms with E-state index in [2.05, 4.69) is 0 Å². The first kappa shape index (κ1) is 23.2. The Kier molecular flexibility index (Phi) is 7.09. The Hall–Kier alpha value is -3.46. The first-order valence-corrected chi connectivity index (χ1v) is 10.1. The molecule has 1 aromatic carbocycles. The lowest BCUT2D eigenvalue weighted by atomic mass is 9.94. The van der Waals surface area contributed by atoms with Gasteiger partial charge in [-0.25, -0.2) is 0 Å². The van der Waals surface area contributed by atoms with Crippen LogP contribution in [0.15, 0.2) is 46.3 Å². The minimum absolute atomic E-state index is 0.0342. The number of nitrogens with zero attached hydrogens (tertiary/aromatic N) is 2. The van der Waals surface area contributed by atoms with Crippen molar-refractivity contribution in [1.29, 1.82) is 0 Å². The van der Waals surface area contributed by atoms with Crippen LogP contribution in [0.25, 0.3) is 0 Å². The summed E-state index contributed by atoms with van der Waals surface area (Å²) < 4.78 is 21.5. The number of amides is 1. The second-order valence-electron chi connectivity index (χ2n) is 7.59. The molecule has 0 bridgehead atoms. The molecule has 3 rings (SSSR count). The van der Waals surface area contributed by atoms with Crippen molar-refractivity contribution in [2.45, 2.75) is 12.5 Å². The highest BCUT2D eigenvalue weighted by atomic mass is 16.5. The van der Waals surface area contributed by atoms with Crippen LogP contribution in [0.1, 0.15) is 28.6 Å². The fourth-order valence-corrected chi connectivity index (χ4v) is 3.82. The lowest BCUT2D eigenvalue weighted by Gasteiger charge is -2.28. The largest absolute Gasteiger partial charge is 0.503 e. The van der Waals surface area contributed by atoms with E-state index in [1.807, 2.05) is 19.0 Å². The maximum absolute atomic E-state index is 13.2. The average Bonchev–Trinajstić information content (AvgIpc) is 3.40. The molecule has 1 amide bonds. The van der Waals surface area contributed by atoms with Gasteiger partial charge in [0.25, 0.3) is 5.91 Å². The Morgan fingerprint density at radius 2 is 1.81 bits per heavy atom. The number of aliphatic hydroxyl groups excluding tert-OH is 1. The van der Waals surface area contributed by atoms with Gasteiger partial charge in [0.1, 0.15) is 0 Å². The molecule has 0 spiro atoms. The van der Waals surface area contributed by atoms with Crippen LogP contribution in [-0.2, 0) is 4.79 Å². The van der Waals surface area contributed by atoms with Gasteiger partial charge < -0.3 is 33.5 Å². The topological polar surface area (TPSA) is 102 Å². The number of hydrogen-bond donors (Lipinski definition) is 1. The molecule has 0 fully saturated rings. The Balaban J connectivity index is 2.13. The SMILES string of the molecule is COc1cc([C@@H]2C(C(=O)c3ccco3)=C(O)C(=O)N2CCCN(C)C)cc(OC)c1OC.